The van der Waals surface area contributed by atoms with Crippen molar-refractivity contribution in [3.05, 3.63) is 41.5 Å². The van der Waals surface area contributed by atoms with Crippen molar-refractivity contribution < 1.29 is 32.3 Å². The lowest BCUT2D eigenvalue weighted by Gasteiger charge is -2.29. The Morgan fingerprint density at radius 2 is 1.58 bits per heavy atom. The average Bonchev–Trinajstić information content (AvgIpc) is 2.93. The van der Waals surface area contributed by atoms with Crippen LogP contribution in [0.3, 0.4) is 0 Å². The second-order valence-corrected chi connectivity index (χ2v) is 12.3. The fraction of sp³-hybridized carbons (Fsp3) is 0.655. The second kappa shape index (κ2) is 18.1. The Morgan fingerprint density at radius 3 is 2.16 bits per heavy atom. The van der Waals surface area contributed by atoms with Crippen LogP contribution in [0.25, 0.3) is 6.08 Å². The third-order valence-corrected chi connectivity index (χ3v) is 10.0. The van der Waals surface area contributed by atoms with Crippen molar-refractivity contribution in [1.29, 1.82) is 0 Å². The SMILES string of the molecule is CCO[Si](CCCNC(=O)OCCC[C@H]1CC[C@H](c2ccc(C=CC(=O)OC)cc2)CC1)(OCC)OCC. The van der Waals surface area contributed by atoms with Gasteiger partial charge in [-0.2, -0.15) is 0 Å². The molecule has 0 bridgehead atoms. The lowest BCUT2D eigenvalue weighted by molar-refractivity contribution is -0.134. The molecule has 0 aliphatic heterocycles. The molecular weight excluding hydrogens is 502 g/mol. The van der Waals surface area contributed by atoms with E-state index in [1.165, 1.54) is 44.4 Å². The van der Waals surface area contributed by atoms with Gasteiger partial charge in [-0.05, 0) is 94.8 Å². The molecule has 8 nitrogen and oxygen atoms in total. The highest BCUT2D eigenvalue weighted by molar-refractivity contribution is 6.60. The topological polar surface area (TPSA) is 92.3 Å². The Morgan fingerprint density at radius 1 is 0.947 bits per heavy atom. The summed E-state index contributed by atoms with van der Waals surface area (Å²) in [7, 11) is -1.29. The largest absolute Gasteiger partial charge is 0.500 e. The van der Waals surface area contributed by atoms with Gasteiger partial charge in [0.25, 0.3) is 0 Å². The summed E-state index contributed by atoms with van der Waals surface area (Å²) >= 11 is 0. The predicted octanol–water partition coefficient (Wildman–Crippen LogP) is 6.09. The van der Waals surface area contributed by atoms with E-state index < -0.39 is 8.80 Å². The van der Waals surface area contributed by atoms with E-state index in [1.807, 2.05) is 20.8 Å². The minimum Gasteiger partial charge on any atom is -0.466 e. The molecule has 1 N–H and O–H groups in total. The number of amides is 1. The van der Waals surface area contributed by atoms with E-state index in [4.69, 9.17) is 18.0 Å². The lowest BCUT2D eigenvalue weighted by Crippen LogP contribution is -2.46. The number of ether oxygens (including phenoxy) is 2. The third kappa shape index (κ3) is 11.7. The molecule has 1 aliphatic rings. The molecule has 38 heavy (non-hydrogen) atoms. The maximum Gasteiger partial charge on any atom is 0.500 e. The highest BCUT2D eigenvalue weighted by atomic mass is 28.4. The van der Waals surface area contributed by atoms with Gasteiger partial charge < -0.3 is 28.1 Å². The Bertz CT molecular complexity index is 821. The summed E-state index contributed by atoms with van der Waals surface area (Å²) in [4.78, 5) is 23.3. The van der Waals surface area contributed by atoms with Crippen LogP contribution in [0.2, 0.25) is 6.04 Å². The van der Waals surface area contributed by atoms with Crippen molar-refractivity contribution in [2.45, 2.75) is 77.7 Å². The van der Waals surface area contributed by atoms with Crippen LogP contribution < -0.4 is 5.32 Å². The van der Waals surface area contributed by atoms with Crippen LogP contribution in [0.4, 0.5) is 4.79 Å². The average molecular weight is 550 g/mol. The van der Waals surface area contributed by atoms with E-state index in [2.05, 4.69) is 34.3 Å². The number of hydrogen-bond donors (Lipinski definition) is 1. The first kappa shape index (κ1) is 32.0. The Labute approximate surface area is 229 Å². The van der Waals surface area contributed by atoms with E-state index in [-0.39, 0.29) is 12.1 Å². The van der Waals surface area contributed by atoms with Gasteiger partial charge in [-0.25, -0.2) is 9.59 Å². The molecule has 1 aromatic rings. The highest BCUT2D eigenvalue weighted by Gasteiger charge is 2.39. The van der Waals surface area contributed by atoms with Crippen molar-refractivity contribution in [2.75, 3.05) is 40.1 Å². The summed E-state index contributed by atoms with van der Waals surface area (Å²) < 4.78 is 27.6. The lowest BCUT2D eigenvalue weighted by atomic mass is 9.77. The van der Waals surface area contributed by atoms with Crippen LogP contribution in [0.1, 0.15) is 82.8 Å². The molecule has 9 heteroatoms. The Hall–Kier alpha value is -2.20. The van der Waals surface area contributed by atoms with Gasteiger partial charge in [0.05, 0.1) is 13.7 Å². The minimum atomic E-state index is -2.67. The van der Waals surface area contributed by atoms with Crippen molar-refractivity contribution in [3.63, 3.8) is 0 Å². The molecule has 1 amide bonds. The van der Waals surface area contributed by atoms with Gasteiger partial charge in [-0.3, -0.25) is 0 Å². The van der Waals surface area contributed by atoms with Crippen molar-refractivity contribution >= 4 is 26.9 Å². The minimum absolute atomic E-state index is 0.347. The Balaban J connectivity index is 1.59. The first-order chi connectivity index (χ1) is 18.4. The molecule has 0 aromatic heterocycles. The molecule has 0 heterocycles. The molecule has 1 aliphatic carbocycles. The van der Waals surface area contributed by atoms with Crippen LogP contribution >= 0.6 is 0 Å². The summed E-state index contributed by atoms with van der Waals surface area (Å²) in [6, 6.07) is 9.11. The first-order valence-electron chi connectivity index (χ1n) is 14.1. The summed E-state index contributed by atoms with van der Waals surface area (Å²) in [6.07, 6.45) is 10.3. The van der Waals surface area contributed by atoms with Crippen LogP contribution in [0.5, 0.6) is 0 Å². The van der Waals surface area contributed by atoms with Crippen molar-refractivity contribution in [1.82, 2.24) is 5.32 Å². The number of methoxy groups -OCH3 is 1. The monoisotopic (exact) mass is 549 g/mol. The molecule has 214 valence electrons. The van der Waals surface area contributed by atoms with E-state index in [0.29, 0.717) is 50.9 Å². The van der Waals surface area contributed by atoms with Crippen LogP contribution in [0, 0.1) is 5.92 Å². The van der Waals surface area contributed by atoms with Gasteiger partial charge in [-0.15, -0.1) is 0 Å². The zero-order valence-electron chi connectivity index (χ0n) is 23.7. The smallest absolute Gasteiger partial charge is 0.466 e. The molecule has 0 radical (unpaired) electrons. The highest BCUT2D eigenvalue weighted by Crippen LogP contribution is 2.37. The van der Waals surface area contributed by atoms with Crippen LogP contribution in [-0.2, 0) is 27.5 Å². The summed E-state index contributed by atoms with van der Waals surface area (Å²) in [5.74, 6) is 0.927. The van der Waals surface area contributed by atoms with Crippen molar-refractivity contribution in [3.8, 4) is 0 Å². The van der Waals surface area contributed by atoms with Crippen LogP contribution in [-0.4, -0.2) is 60.9 Å². The Kier molecular flexibility index (Phi) is 15.3. The van der Waals surface area contributed by atoms with E-state index in [0.717, 1.165) is 24.8 Å². The number of rotatable bonds is 17. The number of nitrogens with one attached hydrogen (secondary N) is 1. The fourth-order valence-corrected chi connectivity index (χ4v) is 7.59. The molecule has 2 rings (SSSR count). The molecule has 1 saturated carbocycles. The van der Waals surface area contributed by atoms with Crippen molar-refractivity contribution in [2.24, 2.45) is 5.92 Å². The van der Waals surface area contributed by atoms with Gasteiger partial charge in [0, 0.05) is 38.5 Å². The molecule has 0 saturated heterocycles. The molecule has 0 unspecified atom stereocenters. The summed E-state index contributed by atoms with van der Waals surface area (Å²) in [6.45, 7) is 8.42. The van der Waals surface area contributed by atoms with Gasteiger partial charge in [0.15, 0.2) is 0 Å². The van der Waals surface area contributed by atoms with Gasteiger partial charge in [-0.1, -0.05) is 24.3 Å². The second-order valence-electron chi connectivity index (χ2n) is 9.53. The maximum atomic E-state index is 12.1. The standard InChI is InChI=1S/C29H47NO7Si/c1-5-35-38(36-6-2,37-7-3)23-9-21-30-29(32)34-22-8-10-24-11-16-26(17-12-24)27-18-13-25(14-19-27)15-20-28(31)33-4/h13-15,18-20,24,26H,5-12,16-17,21-23H2,1-4H3,(H,30,32)/t24-,26-. The maximum absolute atomic E-state index is 12.1. The number of alkyl carbamates (subject to hydrolysis) is 1. The van der Waals surface area contributed by atoms with Gasteiger partial charge in [0.2, 0.25) is 0 Å². The quantitative estimate of drug-likeness (QED) is 0.109. The molecule has 0 spiro atoms. The predicted molar refractivity (Wildman–Crippen MR) is 151 cm³/mol. The molecular formula is C29H47NO7Si. The zero-order valence-corrected chi connectivity index (χ0v) is 24.7. The van der Waals surface area contributed by atoms with E-state index >= 15 is 0 Å². The van der Waals surface area contributed by atoms with E-state index in [9.17, 15) is 9.59 Å². The molecule has 0 atom stereocenters. The van der Waals surface area contributed by atoms with Crippen LogP contribution in [0.15, 0.2) is 30.3 Å². The zero-order chi connectivity index (χ0) is 27.6. The number of hydrogen-bond acceptors (Lipinski definition) is 7. The number of esters is 1. The molecule has 1 aromatic carbocycles. The van der Waals surface area contributed by atoms with Gasteiger partial charge >= 0.3 is 20.9 Å². The number of benzene rings is 1. The number of carbonyl (C=O) groups is 2. The van der Waals surface area contributed by atoms with Gasteiger partial charge in [0.1, 0.15) is 0 Å². The third-order valence-electron chi connectivity index (χ3n) is 6.88. The number of carbonyl (C=O) groups excluding carboxylic acids is 2. The summed E-state index contributed by atoms with van der Waals surface area (Å²) in [5.41, 5.74) is 2.36. The molecule has 1 fully saturated rings. The normalized spacial score (nSPS) is 17.9. The fourth-order valence-electron chi connectivity index (χ4n) is 4.98. The summed E-state index contributed by atoms with van der Waals surface area (Å²) in [5, 5.41) is 2.83. The first-order valence-corrected chi connectivity index (χ1v) is 16.1. The van der Waals surface area contributed by atoms with E-state index in [1.54, 1.807) is 6.08 Å².